The van der Waals surface area contributed by atoms with Gasteiger partial charge in [-0.3, -0.25) is 4.79 Å². The Kier molecular flexibility index (Phi) is 6.18. The smallest absolute Gasteiger partial charge is 0.263 e. The fourth-order valence-electron chi connectivity index (χ4n) is 2.29. The van der Waals surface area contributed by atoms with Crippen molar-refractivity contribution in [1.29, 1.82) is 0 Å². The lowest BCUT2D eigenvalue weighted by atomic mass is 10.2. The van der Waals surface area contributed by atoms with Crippen LogP contribution in [0.3, 0.4) is 0 Å². The Bertz CT molecular complexity index is 1000. The molecule has 0 bridgehead atoms. The number of phenolic OH excluding ortho intramolecular Hbond substituents is 1. The number of hydrogen-bond acceptors (Lipinski definition) is 7. The SMILES string of the molecule is CCOc1cc(C=NNC(=O)Cn2nnc(-c3ccccc3Cl)n2)ccc1O. The number of halogens is 1. The van der Waals surface area contributed by atoms with Crippen LogP contribution in [-0.4, -0.2) is 44.0 Å². The molecule has 0 unspecified atom stereocenters. The van der Waals surface area contributed by atoms with Crippen LogP contribution < -0.4 is 10.2 Å². The summed E-state index contributed by atoms with van der Waals surface area (Å²) in [7, 11) is 0. The van der Waals surface area contributed by atoms with Crippen LogP contribution in [0.2, 0.25) is 5.02 Å². The number of hydrazone groups is 1. The van der Waals surface area contributed by atoms with Crippen LogP contribution in [0.4, 0.5) is 0 Å². The number of phenols is 1. The molecule has 3 rings (SSSR count). The number of nitrogens with one attached hydrogen (secondary N) is 1. The third-order valence-corrected chi connectivity index (χ3v) is 3.87. The molecular formula is C18H17ClN6O3. The van der Waals surface area contributed by atoms with Gasteiger partial charge in [0.15, 0.2) is 11.5 Å². The molecule has 0 aliphatic carbocycles. The second-order valence-corrected chi connectivity index (χ2v) is 5.98. The molecule has 0 saturated carbocycles. The van der Waals surface area contributed by atoms with Gasteiger partial charge in [0.25, 0.3) is 5.91 Å². The molecule has 3 aromatic rings. The fourth-order valence-corrected chi connectivity index (χ4v) is 2.51. The van der Waals surface area contributed by atoms with Crippen LogP contribution in [0.1, 0.15) is 12.5 Å². The summed E-state index contributed by atoms with van der Waals surface area (Å²) in [5.41, 5.74) is 3.66. The van der Waals surface area contributed by atoms with Crippen molar-refractivity contribution in [3.8, 4) is 22.9 Å². The number of tetrazole rings is 1. The van der Waals surface area contributed by atoms with E-state index in [9.17, 15) is 9.90 Å². The van der Waals surface area contributed by atoms with Crippen molar-refractivity contribution < 1.29 is 14.6 Å². The summed E-state index contributed by atoms with van der Waals surface area (Å²) in [5.74, 6) is 0.281. The van der Waals surface area contributed by atoms with Crippen LogP contribution >= 0.6 is 11.6 Å². The highest BCUT2D eigenvalue weighted by Crippen LogP contribution is 2.26. The number of carbonyl (C=O) groups excluding carboxylic acids is 1. The van der Waals surface area contributed by atoms with Gasteiger partial charge >= 0.3 is 0 Å². The Morgan fingerprint density at radius 3 is 2.96 bits per heavy atom. The molecule has 0 aliphatic rings. The first-order valence-corrected chi connectivity index (χ1v) is 8.75. The van der Waals surface area contributed by atoms with E-state index >= 15 is 0 Å². The fraction of sp³-hybridized carbons (Fsp3) is 0.167. The summed E-state index contributed by atoms with van der Waals surface area (Å²) in [6.07, 6.45) is 1.43. The molecule has 0 aliphatic heterocycles. The molecule has 0 fully saturated rings. The Morgan fingerprint density at radius 2 is 2.18 bits per heavy atom. The van der Waals surface area contributed by atoms with Crippen molar-refractivity contribution in [2.75, 3.05) is 6.61 Å². The van der Waals surface area contributed by atoms with Gasteiger partial charge in [-0.1, -0.05) is 23.7 Å². The van der Waals surface area contributed by atoms with Crippen molar-refractivity contribution >= 4 is 23.7 Å². The van der Waals surface area contributed by atoms with E-state index in [0.717, 1.165) is 4.80 Å². The average Bonchev–Trinajstić information content (AvgIpc) is 3.13. The third kappa shape index (κ3) is 4.83. The molecule has 0 saturated heterocycles. The second kappa shape index (κ2) is 8.96. The van der Waals surface area contributed by atoms with Gasteiger partial charge in [-0.2, -0.15) is 9.90 Å². The van der Waals surface area contributed by atoms with E-state index in [4.69, 9.17) is 16.3 Å². The van der Waals surface area contributed by atoms with Gasteiger partial charge < -0.3 is 9.84 Å². The number of amides is 1. The number of rotatable bonds is 7. The van der Waals surface area contributed by atoms with Gasteiger partial charge in [-0.05, 0) is 48.0 Å². The van der Waals surface area contributed by atoms with Gasteiger partial charge in [-0.15, -0.1) is 10.2 Å². The Labute approximate surface area is 165 Å². The van der Waals surface area contributed by atoms with E-state index in [1.165, 1.54) is 12.3 Å². The van der Waals surface area contributed by atoms with E-state index in [1.807, 2.05) is 13.0 Å². The van der Waals surface area contributed by atoms with Crippen LogP contribution in [0.15, 0.2) is 47.6 Å². The molecule has 0 radical (unpaired) electrons. The Balaban J connectivity index is 1.59. The normalized spacial score (nSPS) is 10.9. The van der Waals surface area contributed by atoms with Crippen molar-refractivity contribution in [3.05, 3.63) is 53.1 Å². The number of nitrogens with zero attached hydrogens (tertiary/aromatic N) is 5. The molecule has 0 spiro atoms. The number of aromatic nitrogens is 4. The predicted molar refractivity (Wildman–Crippen MR) is 103 cm³/mol. The highest BCUT2D eigenvalue weighted by molar-refractivity contribution is 6.33. The third-order valence-electron chi connectivity index (χ3n) is 3.54. The lowest BCUT2D eigenvalue weighted by Gasteiger charge is -2.06. The molecule has 9 nitrogen and oxygen atoms in total. The second-order valence-electron chi connectivity index (χ2n) is 5.58. The lowest BCUT2D eigenvalue weighted by molar-refractivity contribution is -0.122. The standard InChI is InChI=1S/C18H17ClN6O3/c1-2-28-16-9-12(7-8-15(16)26)10-20-21-17(27)11-25-23-18(22-24-25)13-5-3-4-6-14(13)19/h3-10,26H,2,11H2,1H3,(H,21,27). The maximum Gasteiger partial charge on any atom is 0.263 e. The van der Waals surface area contributed by atoms with Crippen LogP contribution in [0, 0.1) is 0 Å². The number of aromatic hydroxyl groups is 1. The molecular weight excluding hydrogens is 384 g/mol. The minimum atomic E-state index is -0.428. The number of hydrogen-bond donors (Lipinski definition) is 2. The molecule has 1 heterocycles. The van der Waals surface area contributed by atoms with Crippen LogP contribution in [0.5, 0.6) is 11.5 Å². The monoisotopic (exact) mass is 400 g/mol. The van der Waals surface area contributed by atoms with Crippen LogP contribution in [0.25, 0.3) is 11.4 Å². The zero-order valence-corrected chi connectivity index (χ0v) is 15.7. The molecule has 0 atom stereocenters. The lowest BCUT2D eigenvalue weighted by Crippen LogP contribution is -2.24. The maximum atomic E-state index is 12.0. The van der Waals surface area contributed by atoms with E-state index in [-0.39, 0.29) is 12.3 Å². The van der Waals surface area contributed by atoms with Gasteiger partial charge in [0.1, 0.15) is 6.54 Å². The summed E-state index contributed by atoms with van der Waals surface area (Å²) >= 11 is 6.10. The predicted octanol–water partition coefficient (Wildman–Crippen LogP) is 2.25. The zero-order valence-electron chi connectivity index (χ0n) is 14.9. The largest absolute Gasteiger partial charge is 0.504 e. The molecule has 2 aromatic carbocycles. The summed E-state index contributed by atoms with van der Waals surface area (Å²) in [6, 6.07) is 11.8. The highest BCUT2D eigenvalue weighted by atomic mass is 35.5. The summed E-state index contributed by atoms with van der Waals surface area (Å²) in [6.45, 7) is 2.08. The van der Waals surface area contributed by atoms with Crippen molar-refractivity contribution in [3.63, 3.8) is 0 Å². The van der Waals surface area contributed by atoms with E-state index in [2.05, 4.69) is 25.9 Å². The molecule has 144 valence electrons. The van der Waals surface area contributed by atoms with Gasteiger partial charge in [0, 0.05) is 5.56 Å². The average molecular weight is 401 g/mol. The number of benzene rings is 2. The topological polar surface area (TPSA) is 115 Å². The van der Waals surface area contributed by atoms with Crippen molar-refractivity contribution in [2.45, 2.75) is 13.5 Å². The minimum absolute atomic E-state index is 0.0367. The van der Waals surface area contributed by atoms with Gasteiger partial charge in [0.2, 0.25) is 5.82 Å². The summed E-state index contributed by atoms with van der Waals surface area (Å²) in [4.78, 5) is 13.1. The first-order chi connectivity index (χ1) is 13.6. The van der Waals surface area contributed by atoms with Crippen LogP contribution in [-0.2, 0) is 11.3 Å². The van der Waals surface area contributed by atoms with Gasteiger partial charge in [0.05, 0.1) is 17.8 Å². The minimum Gasteiger partial charge on any atom is -0.504 e. The molecule has 28 heavy (non-hydrogen) atoms. The quantitative estimate of drug-likeness (QED) is 0.464. The molecule has 1 aromatic heterocycles. The Morgan fingerprint density at radius 1 is 1.36 bits per heavy atom. The number of carbonyl (C=O) groups is 1. The maximum absolute atomic E-state index is 12.0. The van der Waals surface area contributed by atoms with E-state index in [1.54, 1.807) is 30.3 Å². The van der Waals surface area contributed by atoms with Gasteiger partial charge in [-0.25, -0.2) is 5.43 Å². The van der Waals surface area contributed by atoms with Crippen molar-refractivity contribution in [1.82, 2.24) is 25.6 Å². The zero-order chi connectivity index (χ0) is 19.9. The van der Waals surface area contributed by atoms with Crippen molar-refractivity contribution in [2.24, 2.45) is 5.10 Å². The Hall–Kier alpha value is -3.46. The first-order valence-electron chi connectivity index (χ1n) is 8.37. The summed E-state index contributed by atoms with van der Waals surface area (Å²) in [5, 5.41) is 25.9. The molecule has 10 heteroatoms. The van der Waals surface area contributed by atoms with E-state index in [0.29, 0.717) is 34.3 Å². The number of ether oxygens (including phenoxy) is 1. The summed E-state index contributed by atoms with van der Waals surface area (Å²) < 4.78 is 5.30. The molecule has 2 N–H and O–H groups in total. The molecule has 1 amide bonds. The first kappa shape index (κ1) is 19.3. The van der Waals surface area contributed by atoms with E-state index < -0.39 is 5.91 Å². The highest BCUT2D eigenvalue weighted by Gasteiger charge is 2.11.